The zero-order valence-corrected chi connectivity index (χ0v) is 30.8. The minimum absolute atomic E-state index is 0.0342. The predicted molar refractivity (Wildman–Crippen MR) is 209 cm³/mol. The van der Waals surface area contributed by atoms with Crippen molar-refractivity contribution in [1.29, 1.82) is 0 Å². The molecule has 8 aliphatic rings. The van der Waals surface area contributed by atoms with Crippen molar-refractivity contribution in [1.82, 2.24) is 0 Å². The molecule has 0 radical (unpaired) electrons. The van der Waals surface area contributed by atoms with E-state index >= 15 is 9.59 Å². The quantitative estimate of drug-likeness (QED) is 0.302. The van der Waals surface area contributed by atoms with Gasteiger partial charge >= 0.3 is 0 Å². The Balaban J connectivity index is 0.961. The summed E-state index contributed by atoms with van der Waals surface area (Å²) in [5, 5.41) is 0. The van der Waals surface area contributed by atoms with Crippen molar-refractivity contribution in [3.63, 3.8) is 0 Å². The van der Waals surface area contributed by atoms with Crippen LogP contribution in [0.3, 0.4) is 0 Å². The predicted octanol–water partition coefficient (Wildman–Crippen LogP) is 10.5. The first-order valence-electron chi connectivity index (χ1n) is 21.1. The lowest BCUT2D eigenvalue weighted by Crippen LogP contribution is -2.50. The molecule has 6 fully saturated rings. The van der Waals surface area contributed by atoms with Crippen LogP contribution in [0.4, 0.5) is 11.4 Å². The van der Waals surface area contributed by atoms with Gasteiger partial charge in [0.25, 0.3) is 0 Å². The van der Waals surface area contributed by atoms with Crippen LogP contribution in [0.5, 0.6) is 0 Å². The van der Waals surface area contributed by atoms with E-state index in [1.54, 1.807) is 0 Å². The summed E-state index contributed by atoms with van der Waals surface area (Å²) in [5.74, 6) is 4.17. The Morgan fingerprint density at radius 2 is 0.942 bits per heavy atom. The summed E-state index contributed by atoms with van der Waals surface area (Å²) >= 11 is 0. The van der Waals surface area contributed by atoms with Gasteiger partial charge in [-0.2, -0.15) is 0 Å². The van der Waals surface area contributed by atoms with Gasteiger partial charge in [0.15, 0.2) is 0 Å². The number of carbonyl (C=O) groups is 2. The second-order valence-electron chi connectivity index (χ2n) is 17.8. The van der Waals surface area contributed by atoms with Crippen LogP contribution < -0.4 is 9.80 Å². The van der Waals surface area contributed by atoms with Gasteiger partial charge in [-0.15, -0.1) is 0 Å². The van der Waals surface area contributed by atoms with E-state index in [4.69, 9.17) is 0 Å². The number of nitrogens with zero attached hydrogens (tertiary/aromatic N) is 2. The lowest BCUT2D eigenvalue weighted by Gasteiger charge is -2.52. The Bertz CT molecular complexity index is 1660. The Morgan fingerprint density at radius 3 is 1.35 bits per heavy atom. The van der Waals surface area contributed by atoms with Gasteiger partial charge in [-0.1, -0.05) is 73.5 Å². The van der Waals surface area contributed by atoms with Crippen LogP contribution in [0.25, 0.3) is 0 Å². The van der Waals surface area contributed by atoms with E-state index in [0.717, 1.165) is 64.2 Å². The van der Waals surface area contributed by atoms with Crippen molar-refractivity contribution in [3.05, 3.63) is 109 Å². The van der Waals surface area contributed by atoms with E-state index in [0.29, 0.717) is 59.2 Å². The topological polar surface area (TPSA) is 40.6 Å². The molecule has 0 heterocycles. The summed E-state index contributed by atoms with van der Waals surface area (Å²) in [6.45, 7) is 0. The Kier molecular flexibility index (Phi) is 8.64. The molecular formula is C48H56N2O2. The molecule has 12 unspecified atom stereocenters. The van der Waals surface area contributed by atoms with Crippen molar-refractivity contribution >= 4 is 22.9 Å². The average molecular weight is 693 g/mol. The number of fused-ring (bicyclic) bond motifs is 10. The van der Waals surface area contributed by atoms with Crippen molar-refractivity contribution in [3.8, 4) is 0 Å². The van der Waals surface area contributed by atoms with E-state index in [1.165, 1.54) is 48.5 Å². The number of carbonyl (C=O) groups excluding carboxylic acids is 2. The first-order chi connectivity index (χ1) is 25.7. The van der Waals surface area contributed by atoms with Crippen molar-refractivity contribution in [2.24, 2.45) is 59.2 Å². The maximum Gasteiger partial charge on any atom is 0.140 e. The molecule has 0 saturated heterocycles. The number of hydrogen-bond acceptors (Lipinski definition) is 4. The summed E-state index contributed by atoms with van der Waals surface area (Å²) in [6.07, 6.45) is 29.5. The lowest BCUT2D eigenvalue weighted by molar-refractivity contribution is -0.139. The number of ketones is 2. The molecule has 4 heteroatoms. The Morgan fingerprint density at radius 1 is 0.500 bits per heavy atom. The van der Waals surface area contributed by atoms with Gasteiger partial charge in [0.1, 0.15) is 11.6 Å². The highest BCUT2D eigenvalue weighted by Crippen LogP contribution is 2.67. The molecular weight excluding hydrogens is 637 g/mol. The summed E-state index contributed by atoms with van der Waals surface area (Å²) in [5.41, 5.74) is 5.30. The fourth-order valence-corrected chi connectivity index (χ4v) is 13.9. The third-order valence-corrected chi connectivity index (χ3v) is 15.6. The standard InChI is InChI=1S/C48H56N2O2/c51-47-41-29-35(49(31-15-5-1-6-16-31)32-17-7-2-8-18-32)25-27-39(41)43-37-23-13-14-24-38(37)44-40-28-26-36(30-42(40)48(52)46(44)45(43)47)50(33-19-9-3-10-20-33)34-21-11-4-12-22-34/h1-7,9-11,15-17,19-21,35-46H,8,12-14,18,22-30H2. The SMILES string of the molecule is O=C1C2CC(N(C3=CC=CCC3)c3ccccc3)CCC2C2C3CCCCC3C3C4CCC(N(C5=CC=CCC5)c5ccccc5)CC4C(=O)C3C12. The Labute approximate surface area is 311 Å². The zero-order valence-electron chi connectivity index (χ0n) is 30.8. The molecule has 0 amide bonds. The van der Waals surface area contributed by atoms with E-state index < -0.39 is 0 Å². The van der Waals surface area contributed by atoms with Gasteiger partial charge in [0.05, 0.1) is 0 Å². The van der Waals surface area contributed by atoms with Crippen LogP contribution in [0.2, 0.25) is 0 Å². The minimum Gasteiger partial charge on any atom is -0.342 e. The molecule has 0 bridgehead atoms. The largest absolute Gasteiger partial charge is 0.342 e. The van der Waals surface area contributed by atoms with Gasteiger partial charge in [0.2, 0.25) is 0 Å². The molecule has 6 saturated carbocycles. The first-order valence-corrected chi connectivity index (χ1v) is 21.1. The molecule has 0 aliphatic heterocycles. The summed E-state index contributed by atoms with van der Waals surface area (Å²) in [7, 11) is 0. The fraction of sp³-hybridized carbons (Fsp3) is 0.542. The molecule has 4 nitrogen and oxygen atoms in total. The molecule has 12 atom stereocenters. The van der Waals surface area contributed by atoms with E-state index in [1.807, 2.05) is 0 Å². The number of hydrogen-bond donors (Lipinski definition) is 0. The van der Waals surface area contributed by atoms with Crippen molar-refractivity contribution in [2.75, 3.05) is 9.80 Å². The second-order valence-corrected chi connectivity index (χ2v) is 17.8. The number of anilines is 2. The monoisotopic (exact) mass is 692 g/mol. The number of Topliss-reactive ketones (excluding diaryl/α,β-unsaturated/α-hetero) is 2. The summed E-state index contributed by atoms with van der Waals surface area (Å²) in [6, 6.07) is 22.5. The van der Waals surface area contributed by atoms with Crippen LogP contribution in [-0.4, -0.2) is 23.7 Å². The summed E-state index contributed by atoms with van der Waals surface area (Å²) < 4.78 is 0. The molecule has 0 spiro atoms. The minimum atomic E-state index is -0.0342. The van der Waals surface area contributed by atoms with Gasteiger partial charge in [-0.05, 0) is 149 Å². The third-order valence-electron chi connectivity index (χ3n) is 15.6. The highest BCUT2D eigenvalue weighted by molar-refractivity contribution is 5.96. The average Bonchev–Trinajstić information content (AvgIpc) is 3.66. The molecule has 10 rings (SSSR count). The lowest BCUT2D eigenvalue weighted by atomic mass is 9.51. The van der Waals surface area contributed by atoms with Crippen LogP contribution in [0, 0.1) is 59.2 Å². The molecule has 2 aromatic rings. The highest BCUT2D eigenvalue weighted by atomic mass is 16.1. The third kappa shape index (κ3) is 5.36. The smallest absolute Gasteiger partial charge is 0.140 e. The number of allylic oxidation sites excluding steroid dienone is 8. The van der Waals surface area contributed by atoms with Crippen LogP contribution >= 0.6 is 0 Å². The molecule has 2 aromatic carbocycles. The van der Waals surface area contributed by atoms with Crippen molar-refractivity contribution < 1.29 is 9.59 Å². The van der Waals surface area contributed by atoms with Gasteiger partial charge in [-0.25, -0.2) is 0 Å². The second kappa shape index (κ2) is 13.6. The van der Waals surface area contributed by atoms with Crippen LogP contribution in [0.15, 0.2) is 109 Å². The molecule has 0 N–H and O–H groups in total. The highest BCUT2D eigenvalue weighted by Gasteiger charge is 2.68. The van der Waals surface area contributed by atoms with E-state index in [9.17, 15) is 0 Å². The van der Waals surface area contributed by atoms with Crippen LogP contribution in [-0.2, 0) is 9.59 Å². The van der Waals surface area contributed by atoms with Crippen molar-refractivity contribution in [2.45, 2.75) is 102 Å². The van der Waals surface area contributed by atoms with Gasteiger partial charge < -0.3 is 9.80 Å². The Hall–Kier alpha value is -3.66. The summed E-state index contributed by atoms with van der Waals surface area (Å²) in [4.78, 5) is 35.5. The molecule has 270 valence electrons. The number of para-hydroxylation sites is 2. The number of rotatable bonds is 6. The molecule has 8 aliphatic carbocycles. The zero-order chi connectivity index (χ0) is 34.8. The fourth-order valence-electron chi connectivity index (χ4n) is 13.9. The number of benzene rings is 2. The van der Waals surface area contributed by atoms with Gasteiger partial charge in [0, 0.05) is 58.5 Å². The molecule has 52 heavy (non-hydrogen) atoms. The van der Waals surface area contributed by atoms with E-state index in [2.05, 4.69) is 107 Å². The van der Waals surface area contributed by atoms with E-state index in [-0.39, 0.29) is 23.7 Å². The van der Waals surface area contributed by atoms with Gasteiger partial charge in [-0.3, -0.25) is 9.59 Å². The van der Waals surface area contributed by atoms with Crippen LogP contribution in [0.1, 0.15) is 89.9 Å². The normalized spacial score (nSPS) is 39.0. The maximum absolute atomic E-state index is 15.2. The first kappa shape index (κ1) is 32.9. The maximum atomic E-state index is 15.2. The molecule has 0 aromatic heterocycles.